The molecule has 0 radical (unpaired) electrons. The summed E-state index contributed by atoms with van der Waals surface area (Å²) in [7, 11) is 0. The van der Waals surface area contributed by atoms with Crippen LogP contribution < -0.4 is 0 Å². The predicted molar refractivity (Wildman–Crippen MR) is 34.7 cm³/mol. The second kappa shape index (κ2) is 3.55. The van der Waals surface area contributed by atoms with Crippen molar-refractivity contribution >= 4 is 0 Å². The van der Waals surface area contributed by atoms with Crippen LogP contribution in [0.15, 0.2) is 24.1 Å². The molecule has 0 unspecified atom stereocenters. The lowest BCUT2D eigenvalue weighted by Gasteiger charge is -2.07. The minimum absolute atomic E-state index is 0.263. The van der Waals surface area contributed by atoms with Crippen molar-refractivity contribution in [2.75, 3.05) is 0 Å². The average Bonchev–Trinajstić information content (AvgIpc) is 1.86. The zero-order chi connectivity index (χ0) is 9.07. The van der Waals surface area contributed by atoms with E-state index in [2.05, 4.69) is 6.58 Å². The van der Waals surface area contributed by atoms with Gasteiger partial charge in [0.25, 0.3) is 0 Å². The van der Waals surface area contributed by atoms with E-state index in [-0.39, 0.29) is 6.42 Å². The average molecular weight is 168 g/mol. The molecule has 4 heteroatoms. The molecule has 11 heavy (non-hydrogen) atoms. The summed E-state index contributed by atoms with van der Waals surface area (Å²) >= 11 is 0. The molecule has 0 bridgehead atoms. The fraction of sp³-hybridized carbons (Fsp3) is 0.429. The van der Waals surface area contributed by atoms with Crippen LogP contribution in [0.5, 0.6) is 0 Å². The molecule has 0 aliphatic carbocycles. The van der Waals surface area contributed by atoms with Crippen LogP contribution in [0, 0.1) is 0 Å². The van der Waals surface area contributed by atoms with Gasteiger partial charge in [-0.15, -0.1) is 0 Å². The quantitative estimate of drug-likeness (QED) is 0.438. The van der Waals surface area contributed by atoms with Gasteiger partial charge in [0.15, 0.2) is 0 Å². The van der Waals surface area contributed by atoms with E-state index in [9.17, 15) is 17.6 Å². The topological polar surface area (TPSA) is 0 Å². The molecule has 0 aromatic heterocycles. The summed E-state index contributed by atoms with van der Waals surface area (Å²) in [5, 5.41) is 0. The maximum Gasteiger partial charge on any atom is 0.418 e. The van der Waals surface area contributed by atoms with E-state index < -0.39 is 17.6 Å². The van der Waals surface area contributed by atoms with Crippen molar-refractivity contribution in [2.24, 2.45) is 0 Å². The van der Waals surface area contributed by atoms with Gasteiger partial charge in [-0.05, 0) is 6.42 Å². The number of hydrogen-bond donors (Lipinski definition) is 0. The van der Waals surface area contributed by atoms with Gasteiger partial charge in [0.1, 0.15) is 5.83 Å². The lowest BCUT2D eigenvalue weighted by atomic mass is 10.2. The highest BCUT2D eigenvalue weighted by Crippen LogP contribution is 2.30. The molecule has 0 atom stereocenters. The first-order valence-corrected chi connectivity index (χ1v) is 3.01. The molecular weight excluding hydrogens is 160 g/mol. The van der Waals surface area contributed by atoms with Gasteiger partial charge in [-0.2, -0.15) is 13.2 Å². The molecule has 0 saturated heterocycles. The van der Waals surface area contributed by atoms with Crippen LogP contribution in [0.25, 0.3) is 0 Å². The van der Waals surface area contributed by atoms with Gasteiger partial charge >= 0.3 is 6.18 Å². The molecule has 0 fully saturated rings. The minimum Gasteiger partial charge on any atom is -0.211 e. The smallest absolute Gasteiger partial charge is 0.211 e. The van der Waals surface area contributed by atoms with Crippen LogP contribution in [-0.4, -0.2) is 6.18 Å². The van der Waals surface area contributed by atoms with Crippen LogP contribution in [-0.2, 0) is 0 Å². The Bertz CT molecular complexity index is 175. The van der Waals surface area contributed by atoms with Crippen molar-refractivity contribution < 1.29 is 17.6 Å². The predicted octanol–water partition coefficient (Wildman–Crippen LogP) is 3.37. The van der Waals surface area contributed by atoms with E-state index in [0.717, 1.165) is 0 Å². The van der Waals surface area contributed by atoms with Gasteiger partial charge in [0, 0.05) is 0 Å². The molecule has 0 saturated carbocycles. The third-order valence-electron chi connectivity index (χ3n) is 1.11. The largest absolute Gasteiger partial charge is 0.418 e. The Balaban J connectivity index is 4.80. The summed E-state index contributed by atoms with van der Waals surface area (Å²) in [5.74, 6) is -1.17. The molecule has 0 spiro atoms. The summed E-state index contributed by atoms with van der Waals surface area (Å²) < 4.78 is 47.7. The van der Waals surface area contributed by atoms with Crippen molar-refractivity contribution in [3.8, 4) is 0 Å². The van der Waals surface area contributed by atoms with Crippen molar-refractivity contribution in [2.45, 2.75) is 19.5 Å². The minimum atomic E-state index is -4.62. The third-order valence-corrected chi connectivity index (χ3v) is 1.11. The highest BCUT2D eigenvalue weighted by atomic mass is 19.4. The normalized spacial score (nSPS) is 14.3. The van der Waals surface area contributed by atoms with Crippen LogP contribution in [0.4, 0.5) is 17.6 Å². The first-order chi connectivity index (χ1) is 4.93. The van der Waals surface area contributed by atoms with Gasteiger partial charge in [-0.3, -0.25) is 0 Å². The van der Waals surface area contributed by atoms with Crippen LogP contribution in [0.1, 0.15) is 13.3 Å². The summed E-state index contributed by atoms with van der Waals surface area (Å²) in [4.78, 5) is 0. The van der Waals surface area contributed by atoms with Gasteiger partial charge in [0.05, 0.1) is 5.57 Å². The molecule has 0 aliphatic heterocycles. The van der Waals surface area contributed by atoms with Crippen LogP contribution >= 0.6 is 0 Å². The Kier molecular flexibility index (Phi) is 3.29. The van der Waals surface area contributed by atoms with E-state index in [4.69, 9.17) is 0 Å². The lowest BCUT2D eigenvalue weighted by molar-refractivity contribution is -0.0901. The van der Waals surface area contributed by atoms with Gasteiger partial charge in [0.2, 0.25) is 0 Å². The molecule has 64 valence electrons. The molecule has 0 rings (SSSR count). The number of halogens is 4. The maximum absolute atomic E-state index is 12.4. The number of alkyl halides is 3. The molecule has 0 amide bonds. The molecule has 0 aromatic carbocycles. The molecule has 0 heterocycles. The van der Waals surface area contributed by atoms with Crippen LogP contribution in [0.2, 0.25) is 0 Å². The second-order valence-corrected chi connectivity index (χ2v) is 1.87. The standard InChI is InChI=1S/C7H8F4/c1-3-5(6(8)4-2)7(9,10)11/h3H,1,4H2,2H3/b6-5-. The fourth-order valence-corrected chi connectivity index (χ4v) is 0.571. The Morgan fingerprint density at radius 3 is 2.00 bits per heavy atom. The number of rotatable bonds is 2. The zero-order valence-electron chi connectivity index (χ0n) is 6.00. The Hall–Kier alpha value is -0.800. The van der Waals surface area contributed by atoms with Gasteiger partial charge in [-0.25, -0.2) is 4.39 Å². The SMILES string of the molecule is C=C/C(=C(/F)CC)C(F)(F)F. The maximum atomic E-state index is 12.4. The molecule has 0 aliphatic rings. The molecule has 0 aromatic rings. The highest BCUT2D eigenvalue weighted by Gasteiger charge is 2.34. The third kappa shape index (κ3) is 2.74. The zero-order valence-corrected chi connectivity index (χ0v) is 6.00. The monoisotopic (exact) mass is 168 g/mol. The second-order valence-electron chi connectivity index (χ2n) is 1.87. The van der Waals surface area contributed by atoms with Gasteiger partial charge in [-0.1, -0.05) is 19.6 Å². The Morgan fingerprint density at radius 1 is 1.45 bits per heavy atom. The molecule has 0 nitrogen and oxygen atoms in total. The first-order valence-electron chi connectivity index (χ1n) is 3.01. The fourth-order valence-electron chi connectivity index (χ4n) is 0.571. The van der Waals surface area contributed by atoms with E-state index in [0.29, 0.717) is 6.08 Å². The lowest BCUT2D eigenvalue weighted by Crippen LogP contribution is -2.11. The van der Waals surface area contributed by atoms with E-state index >= 15 is 0 Å². The summed E-state index contributed by atoms with van der Waals surface area (Å²) in [6.07, 6.45) is -4.40. The van der Waals surface area contributed by atoms with Crippen LogP contribution in [0.3, 0.4) is 0 Å². The summed E-state index contributed by atoms with van der Waals surface area (Å²) in [5.41, 5.74) is -1.28. The van der Waals surface area contributed by atoms with E-state index in [1.165, 1.54) is 6.92 Å². The van der Waals surface area contributed by atoms with Crippen molar-refractivity contribution in [3.05, 3.63) is 24.1 Å². The Morgan fingerprint density at radius 2 is 1.91 bits per heavy atom. The Labute approximate surface area is 62.2 Å². The number of allylic oxidation sites excluding steroid dienone is 3. The first kappa shape index (κ1) is 10.2. The molecular formula is C7H8F4. The van der Waals surface area contributed by atoms with Gasteiger partial charge < -0.3 is 0 Å². The van der Waals surface area contributed by atoms with Crippen molar-refractivity contribution in [3.63, 3.8) is 0 Å². The highest BCUT2D eigenvalue weighted by molar-refractivity contribution is 5.24. The molecule has 0 N–H and O–H groups in total. The van der Waals surface area contributed by atoms with E-state index in [1.54, 1.807) is 0 Å². The summed E-state index contributed by atoms with van der Waals surface area (Å²) in [6, 6.07) is 0. The van der Waals surface area contributed by atoms with E-state index in [1.807, 2.05) is 0 Å². The number of hydrogen-bond acceptors (Lipinski definition) is 0. The van der Waals surface area contributed by atoms with Crippen molar-refractivity contribution in [1.82, 2.24) is 0 Å². The van der Waals surface area contributed by atoms with Crippen molar-refractivity contribution in [1.29, 1.82) is 0 Å². The summed E-state index contributed by atoms with van der Waals surface area (Å²) in [6.45, 7) is 4.19.